The Labute approximate surface area is 219 Å². The quantitative estimate of drug-likeness (QED) is 0.241. The van der Waals surface area contributed by atoms with E-state index in [4.69, 9.17) is 13.9 Å². The normalized spacial score (nSPS) is 18.4. The number of carbonyl (C=O) groups is 1. The van der Waals surface area contributed by atoms with Crippen molar-refractivity contribution in [2.75, 3.05) is 13.2 Å². The third-order valence-corrected chi connectivity index (χ3v) is 6.22. The van der Waals surface area contributed by atoms with E-state index in [2.05, 4.69) is 56.8 Å². The van der Waals surface area contributed by atoms with Crippen molar-refractivity contribution in [3.63, 3.8) is 0 Å². The number of hydrogen-bond donors (Lipinski definition) is 1. The lowest BCUT2D eigenvalue weighted by Crippen LogP contribution is -2.37. The van der Waals surface area contributed by atoms with Crippen molar-refractivity contribution in [2.24, 2.45) is 17.8 Å². The molecule has 0 spiro atoms. The summed E-state index contributed by atoms with van der Waals surface area (Å²) in [6, 6.07) is 0. The maximum Gasteiger partial charge on any atom is 0.335 e. The molecule has 1 aromatic heterocycles. The Morgan fingerprint density at radius 2 is 1.83 bits per heavy atom. The van der Waals surface area contributed by atoms with Gasteiger partial charge in [-0.25, -0.2) is 9.78 Å². The van der Waals surface area contributed by atoms with E-state index in [1.54, 1.807) is 13.8 Å². The summed E-state index contributed by atoms with van der Waals surface area (Å²) in [7, 11) is 0. The van der Waals surface area contributed by atoms with E-state index in [-0.39, 0.29) is 0 Å². The number of aromatic nitrogens is 1. The Morgan fingerprint density at radius 1 is 1.22 bits per heavy atom. The summed E-state index contributed by atoms with van der Waals surface area (Å²) in [5, 5.41) is 9.21. The number of nitrogens with zero attached hydrogens (tertiary/aromatic N) is 1. The molecule has 0 amide bonds. The Hall–Kier alpha value is -2.36. The molecule has 0 aromatic carbocycles. The van der Waals surface area contributed by atoms with Crippen LogP contribution in [0.4, 0.5) is 0 Å². The molecule has 2 unspecified atom stereocenters. The number of aliphatic carboxylic acids is 1. The highest BCUT2D eigenvalue weighted by molar-refractivity contribution is 5.76. The molecule has 1 aliphatic rings. The van der Waals surface area contributed by atoms with Crippen molar-refractivity contribution in [2.45, 2.75) is 99.7 Å². The zero-order valence-corrected chi connectivity index (χ0v) is 23.8. The molecule has 0 radical (unpaired) electrons. The van der Waals surface area contributed by atoms with Crippen LogP contribution >= 0.6 is 0 Å². The maximum atomic E-state index is 11.2. The summed E-state index contributed by atoms with van der Waals surface area (Å²) >= 11 is 0. The van der Waals surface area contributed by atoms with Crippen LogP contribution in [0.15, 0.2) is 28.2 Å². The molecule has 0 bridgehead atoms. The van der Waals surface area contributed by atoms with Crippen LogP contribution in [0.1, 0.15) is 91.5 Å². The van der Waals surface area contributed by atoms with Gasteiger partial charge in [0, 0.05) is 13.0 Å². The monoisotopic (exact) mass is 503 g/mol. The molecule has 1 saturated carbocycles. The highest BCUT2D eigenvalue weighted by Gasteiger charge is 2.30. The van der Waals surface area contributed by atoms with Crippen LogP contribution in [0, 0.1) is 37.5 Å². The lowest BCUT2D eigenvalue weighted by Gasteiger charge is -2.31. The summed E-state index contributed by atoms with van der Waals surface area (Å²) < 4.78 is 17.5. The zero-order valence-electron chi connectivity index (χ0n) is 23.8. The summed E-state index contributed by atoms with van der Waals surface area (Å²) in [6.07, 6.45) is 19.4. The van der Waals surface area contributed by atoms with Crippen molar-refractivity contribution in [3.05, 3.63) is 41.1 Å². The van der Waals surface area contributed by atoms with E-state index < -0.39 is 11.6 Å². The molecule has 204 valence electrons. The maximum absolute atomic E-state index is 11.2. The first kappa shape index (κ1) is 33.6. The fourth-order valence-corrected chi connectivity index (χ4v) is 4.04. The molecule has 0 aliphatic heterocycles. The predicted molar refractivity (Wildman–Crippen MR) is 147 cm³/mol. The SMILES string of the molecule is C#C.C/C=C(\C=C/Cc1nc(COCC2CCCC(COC(C)(C)C(=O)O)C2)c(C)o1)C(C)C.CC. The number of carboxylic acid groups (broad SMARTS) is 1. The molecule has 36 heavy (non-hydrogen) atoms. The van der Waals surface area contributed by atoms with Crippen LogP contribution in [0.5, 0.6) is 0 Å². The van der Waals surface area contributed by atoms with Crippen LogP contribution in [0.3, 0.4) is 0 Å². The van der Waals surface area contributed by atoms with Crippen molar-refractivity contribution < 1.29 is 23.8 Å². The van der Waals surface area contributed by atoms with Gasteiger partial charge in [-0.3, -0.25) is 0 Å². The van der Waals surface area contributed by atoms with Gasteiger partial charge in [0.05, 0.1) is 13.2 Å². The molecule has 6 nitrogen and oxygen atoms in total. The average molecular weight is 504 g/mol. The minimum absolute atomic E-state index is 0.385. The number of oxazole rings is 1. The third kappa shape index (κ3) is 12.1. The minimum atomic E-state index is -1.13. The molecule has 1 heterocycles. The van der Waals surface area contributed by atoms with Gasteiger partial charge in [0.1, 0.15) is 11.5 Å². The Balaban J connectivity index is 0.00000291. The van der Waals surface area contributed by atoms with Gasteiger partial charge in [-0.05, 0) is 64.7 Å². The smallest absolute Gasteiger partial charge is 0.335 e. The first-order valence-corrected chi connectivity index (χ1v) is 13.2. The van der Waals surface area contributed by atoms with Crippen LogP contribution in [0.2, 0.25) is 0 Å². The van der Waals surface area contributed by atoms with Gasteiger partial charge in [0.25, 0.3) is 0 Å². The van der Waals surface area contributed by atoms with E-state index in [9.17, 15) is 9.90 Å². The van der Waals surface area contributed by atoms with Crippen LogP contribution in [0.25, 0.3) is 0 Å². The second-order valence-electron chi connectivity index (χ2n) is 9.70. The number of aryl methyl sites for hydroxylation is 1. The number of terminal acetylenes is 1. The summed E-state index contributed by atoms with van der Waals surface area (Å²) in [6.45, 7) is 17.2. The highest BCUT2D eigenvalue weighted by Crippen LogP contribution is 2.30. The van der Waals surface area contributed by atoms with E-state index >= 15 is 0 Å². The molecule has 1 aromatic rings. The fraction of sp³-hybridized carbons (Fsp3) is 0.667. The Bertz CT molecular complexity index is 832. The standard InChI is InChI=1S/C26H41NO5.C2H6.C2H2/c1-7-22(18(2)3)12-9-13-24-27-23(19(4)32-24)17-30-15-20-10-8-11-21(14-20)16-31-26(5,6)25(28)29;2*1-2/h7,9,12,18,20-21H,8,10-11,13-17H2,1-6H3,(H,28,29);1-2H3;1-2H/b12-9-,22-7+;;. The van der Waals surface area contributed by atoms with E-state index in [1.165, 1.54) is 5.57 Å². The van der Waals surface area contributed by atoms with Gasteiger partial charge in [0.15, 0.2) is 11.5 Å². The van der Waals surface area contributed by atoms with Crippen molar-refractivity contribution >= 4 is 5.97 Å². The van der Waals surface area contributed by atoms with Crippen LogP contribution < -0.4 is 0 Å². The average Bonchev–Trinajstić information content (AvgIpc) is 3.22. The van der Waals surface area contributed by atoms with Gasteiger partial charge in [-0.15, -0.1) is 12.8 Å². The molecular formula is C30H49NO5. The largest absolute Gasteiger partial charge is 0.479 e. The Kier molecular flexibility index (Phi) is 16.8. The van der Waals surface area contributed by atoms with Crippen molar-refractivity contribution in [1.29, 1.82) is 0 Å². The molecule has 6 heteroatoms. The third-order valence-electron chi connectivity index (χ3n) is 6.22. The van der Waals surface area contributed by atoms with Gasteiger partial charge in [-0.1, -0.05) is 57.9 Å². The fourth-order valence-electron chi connectivity index (χ4n) is 4.04. The van der Waals surface area contributed by atoms with Crippen molar-refractivity contribution in [1.82, 2.24) is 4.98 Å². The highest BCUT2D eigenvalue weighted by atomic mass is 16.5. The number of ether oxygens (including phenoxy) is 2. The van der Waals surface area contributed by atoms with Crippen LogP contribution in [-0.4, -0.2) is 34.9 Å². The Morgan fingerprint density at radius 3 is 2.39 bits per heavy atom. The summed E-state index contributed by atoms with van der Waals surface area (Å²) in [5.74, 6) is 1.96. The minimum Gasteiger partial charge on any atom is -0.479 e. The molecule has 1 aliphatic carbocycles. The number of carboxylic acids is 1. The second-order valence-corrected chi connectivity index (χ2v) is 9.70. The molecule has 0 saturated heterocycles. The summed E-state index contributed by atoms with van der Waals surface area (Å²) in [4.78, 5) is 15.8. The molecular weight excluding hydrogens is 454 g/mol. The van der Waals surface area contributed by atoms with Crippen molar-refractivity contribution in [3.8, 4) is 12.8 Å². The zero-order chi connectivity index (χ0) is 27.7. The number of hydrogen-bond acceptors (Lipinski definition) is 5. The first-order chi connectivity index (χ1) is 17.1. The second kappa shape index (κ2) is 18.0. The summed E-state index contributed by atoms with van der Waals surface area (Å²) in [5.41, 5.74) is 1.03. The number of allylic oxidation sites excluding steroid dienone is 4. The molecule has 2 rings (SSSR count). The first-order valence-electron chi connectivity index (χ1n) is 13.2. The molecule has 2 atom stereocenters. The van der Waals surface area contributed by atoms with E-state index in [1.807, 2.05) is 20.8 Å². The molecule has 1 N–H and O–H groups in total. The van der Waals surface area contributed by atoms with Gasteiger partial charge in [-0.2, -0.15) is 0 Å². The van der Waals surface area contributed by atoms with Gasteiger partial charge < -0.3 is 19.0 Å². The van der Waals surface area contributed by atoms with E-state index in [0.717, 1.165) is 37.1 Å². The predicted octanol–water partition coefficient (Wildman–Crippen LogP) is 7.16. The lowest BCUT2D eigenvalue weighted by molar-refractivity contribution is -0.163. The van der Waals surface area contributed by atoms with Gasteiger partial charge >= 0.3 is 5.97 Å². The molecule has 1 fully saturated rings. The van der Waals surface area contributed by atoms with Gasteiger partial charge in [0.2, 0.25) is 0 Å². The lowest BCUT2D eigenvalue weighted by atomic mass is 9.82. The number of rotatable bonds is 12. The van der Waals surface area contributed by atoms with E-state index in [0.29, 0.717) is 49.9 Å². The van der Waals surface area contributed by atoms with Crippen LogP contribution in [-0.2, 0) is 27.3 Å². The topological polar surface area (TPSA) is 81.8 Å².